The second-order valence-electron chi connectivity index (χ2n) is 2.16. The van der Waals surface area contributed by atoms with Crippen molar-refractivity contribution in [3.05, 3.63) is 0 Å². The van der Waals surface area contributed by atoms with Crippen molar-refractivity contribution in [1.29, 1.82) is 0 Å². The lowest BCUT2D eigenvalue weighted by atomic mass is 10.1. The second kappa shape index (κ2) is 1.80. The van der Waals surface area contributed by atoms with Crippen molar-refractivity contribution in [3.8, 4) is 0 Å². The van der Waals surface area contributed by atoms with E-state index < -0.39 is 10.8 Å². The molecule has 0 radical (unpaired) electrons. The van der Waals surface area contributed by atoms with Crippen molar-refractivity contribution in [3.63, 3.8) is 0 Å². The Morgan fingerprint density at radius 2 is 1.86 bits per heavy atom. The lowest BCUT2D eigenvalue weighted by Crippen LogP contribution is -2.72. The van der Waals surface area contributed by atoms with E-state index >= 15 is 0 Å². The third-order valence-corrected chi connectivity index (χ3v) is 1.04. The van der Waals surface area contributed by atoms with Crippen LogP contribution in [0.25, 0.3) is 0 Å². The van der Waals surface area contributed by atoms with Gasteiger partial charge in [0.05, 0.1) is 0 Å². The molecule has 7 heavy (non-hydrogen) atoms. The maximum Gasteiger partial charge on any atom is 0.281 e. The van der Waals surface area contributed by atoms with E-state index in [0.717, 1.165) is 0 Å². The van der Waals surface area contributed by atoms with E-state index in [1.54, 1.807) is 13.8 Å². The van der Waals surface area contributed by atoms with Crippen LogP contribution in [0.5, 0.6) is 0 Å². The van der Waals surface area contributed by atoms with E-state index in [4.69, 9.17) is 11.6 Å². The highest BCUT2D eigenvalue weighted by atomic mass is 35.5. The summed E-state index contributed by atoms with van der Waals surface area (Å²) in [7, 11) is 0. The van der Waals surface area contributed by atoms with Gasteiger partial charge in [-0.15, -0.1) is 0 Å². The minimum Gasteiger partial charge on any atom is -0.346 e. The average molecular weight is 123 g/mol. The molecule has 0 rings (SSSR count). The smallest absolute Gasteiger partial charge is 0.281 e. The molecule has 0 saturated carbocycles. The zero-order chi connectivity index (χ0) is 6.08. The van der Waals surface area contributed by atoms with Gasteiger partial charge in [0.2, 0.25) is 0 Å². The topological polar surface area (TPSA) is 44.7 Å². The Hall–Kier alpha value is -0.0800. The molecule has 3 heteroatoms. The van der Waals surface area contributed by atoms with E-state index in [1.165, 1.54) is 0 Å². The minimum absolute atomic E-state index is 0.396. The van der Waals surface area contributed by atoms with Gasteiger partial charge in [0.1, 0.15) is 0 Å². The Bertz CT molecular complexity index is 84.2. The first-order valence-corrected chi connectivity index (χ1v) is 2.37. The van der Waals surface area contributed by atoms with Crippen LogP contribution in [0.4, 0.5) is 0 Å². The molecule has 3 N–H and O–H groups in total. The van der Waals surface area contributed by atoms with Crippen LogP contribution in [-0.4, -0.2) is 10.8 Å². The highest BCUT2D eigenvalue weighted by Gasteiger charge is 2.22. The third kappa shape index (κ3) is 2.60. The maximum atomic E-state index is 10.2. The molecule has 0 saturated heterocycles. The van der Waals surface area contributed by atoms with Crippen LogP contribution >= 0.6 is 11.6 Å². The molecule has 0 bridgehead atoms. The first-order chi connectivity index (χ1) is 2.94. The molecule has 0 aromatic rings. The summed E-state index contributed by atoms with van der Waals surface area (Å²) < 4.78 is 0. The first-order valence-electron chi connectivity index (χ1n) is 2.00. The summed E-state index contributed by atoms with van der Waals surface area (Å²) in [6, 6.07) is 0. The number of carbonyl (C=O) groups excluding carboxylic acids is 1. The summed E-state index contributed by atoms with van der Waals surface area (Å²) in [5.74, 6) is 0. The zero-order valence-corrected chi connectivity index (χ0v) is 5.25. The van der Waals surface area contributed by atoms with Crippen molar-refractivity contribution in [2.45, 2.75) is 19.4 Å². The number of halogens is 1. The Morgan fingerprint density at radius 1 is 1.71 bits per heavy atom. The van der Waals surface area contributed by atoms with Crippen molar-refractivity contribution in [2.24, 2.45) is 0 Å². The number of hydrogen-bond donors (Lipinski definition) is 1. The van der Waals surface area contributed by atoms with Crippen molar-refractivity contribution in [2.75, 3.05) is 0 Å². The Kier molecular flexibility index (Phi) is 1.78. The molecule has 0 unspecified atom stereocenters. The van der Waals surface area contributed by atoms with Gasteiger partial charge < -0.3 is 5.73 Å². The summed E-state index contributed by atoms with van der Waals surface area (Å²) in [6.07, 6.45) is 0. The molecule has 0 aromatic heterocycles. The van der Waals surface area contributed by atoms with Gasteiger partial charge in [0, 0.05) is 0 Å². The van der Waals surface area contributed by atoms with Crippen LogP contribution in [0.15, 0.2) is 0 Å². The van der Waals surface area contributed by atoms with E-state index in [1.807, 2.05) is 0 Å². The average Bonchev–Trinajstić information content (AvgIpc) is 1.31. The van der Waals surface area contributed by atoms with Crippen LogP contribution in [0.1, 0.15) is 13.8 Å². The van der Waals surface area contributed by atoms with E-state index in [9.17, 15) is 4.79 Å². The van der Waals surface area contributed by atoms with Crippen molar-refractivity contribution >= 4 is 16.8 Å². The number of hydrogen-bond acceptors (Lipinski definition) is 1. The number of rotatable bonds is 1. The number of carbonyl (C=O) groups is 1. The summed E-state index contributed by atoms with van der Waals surface area (Å²) in [6.45, 7) is 3.34. The summed E-state index contributed by atoms with van der Waals surface area (Å²) >= 11 is 5.05. The predicted octanol–water partition coefficient (Wildman–Crippen LogP) is -0.228. The molecule has 0 aliphatic carbocycles. The maximum absolute atomic E-state index is 10.2. The standard InChI is InChI=1S/C4H8ClNO/c1-4(2,6)3(5)7/h6H2,1-2H3/p+1. The normalized spacial score (nSPS) is 11.4. The fourth-order valence-corrected chi connectivity index (χ4v) is 0. The van der Waals surface area contributed by atoms with Gasteiger partial charge in [-0.05, 0) is 25.4 Å². The van der Waals surface area contributed by atoms with Crippen LogP contribution in [0, 0.1) is 0 Å². The molecule has 0 fully saturated rings. The summed E-state index contributed by atoms with van der Waals surface area (Å²) in [5, 5.41) is -0.396. The second-order valence-corrected chi connectivity index (χ2v) is 2.50. The van der Waals surface area contributed by atoms with Crippen LogP contribution in [0.2, 0.25) is 0 Å². The van der Waals surface area contributed by atoms with Crippen LogP contribution < -0.4 is 5.73 Å². The number of quaternary nitrogens is 1. The van der Waals surface area contributed by atoms with Crippen LogP contribution in [0.3, 0.4) is 0 Å². The summed E-state index contributed by atoms with van der Waals surface area (Å²) in [5.41, 5.74) is 2.86. The van der Waals surface area contributed by atoms with E-state index in [2.05, 4.69) is 5.73 Å². The quantitative estimate of drug-likeness (QED) is 0.480. The van der Waals surface area contributed by atoms with Gasteiger partial charge in [0.25, 0.3) is 5.24 Å². The molecule has 0 atom stereocenters. The highest BCUT2D eigenvalue weighted by molar-refractivity contribution is 6.65. The van der Waals surface area contributed by atoms with Gasteiger partial charge in [-0.2, -0.15) is 0 Å². The summed E-state index contributed by atoms with van der Waals surface area (Å²) in [4.78, 5) is 10.2. The SMILES string of the molecule is CC(C)([NH3+])C(=O)Cl. The lowest BCUT2D eigenvalue weighted by molar-refractivity contribution is -0.443. The minimum atomic E-state index is -0.623. The van der Waals surface area contributed by atoms with Gasteiger partial charge in [-0.25, -0.2) is 0 Å². The Balaban J connectivity index is 3.79. The fraction of sp³-hybridized carbons (Fsp3) is 0.750. The molecule has 42 valence electrons. The van der Waals surface area contributed by atoms with Gasteiger partial charge in [-0.1, -0.05) is 0 Å². The Morgan fingerprint density at radius 3 is 1.86 bits per heavy atom. The first kappa shape index (κ1) is 6.92. The third-order valence-electron chi connectivity index (χ3n) is 0.532. The van der Waals surface area contributed by atoms with Gasteiger partial charge >= 0.3 is 0 Å². The molecular formula is C4H9ClNO+. The van der Waals surface area contributed by atoms with E-state index in [-0.39, 0.29) is 0 Å². The van der Waals surface area contributed by atoms with E-state index in [0.29, 0.717) is 0 Å². The molecule has 0 spiro atoms. The molecule has 0 aromatic carbocycles. The molecule has 0 aliphatic heterocycles. The van der Waals surface area contributed by atoms with Gasteiger partial charge in [0.15, 0.2) is 5.54 Å². The van der Waals surface area contributed by atoms with Crippen LogP contribution in [-0.2, 0) is 4.79 Å². The fourth-order valence-electron chi connectivity index (χ4n) is 0. The predicted molar refractivity (Wildman–Crippen MR) is 27.8 cm³/mol. The Labute approximate surface area is 47.6 Å². The molecular weight excluding hydrogens is 114 g/mol. The molecule has 0 amide bonds. The highest BCUT2D eigenvalue weighted by Crippen LogP contribution is 1.97. The molecule has 0 heterocycles. The zero-order valence-electron chi connectivity index (χ0n) is 4.49. The molecule has 2 nitrogen and oxygen atoms in total. The van der Waals surface area contributed by atoms with Gasteiger partial charge in [-0.3, -0.25) is 4.79 Å². The lowest BCUT2D eigenvalue weighted by Gasteiger charge is -2.05. The van der Waals surface area contributed by atoms with Crippen molar-refractivity contribution in [1.82, 2.24) is 0 Å². The van der Waals surface area contributed by atoms with Crippen molar-refractivity contribution < 1.29 is 10.5 Å². The largest absolute Gasteiger partial charge is 0.346 e. The monoisotopic (exact) mass is 122 g/mol. The molecule has 0 aliphatic rings.